The van der Waals surface area contributed by atoms with Crippen molar-refractivity contribution in [2.45, 2.75) is 29.6 Å². The lowest BCUT2D eigenvalue weighted by Gasteiger charge is -2.50. The number of amides is 2. The largest absolute Gasteiger partial charge is 0.543 e. The Hall–Kier alpha value is -3.57. The number of carbonyl (C=O) groups excluding carboxylic acids is 3. The van der Waals surface area contributed by atoms with Crippen LogP contribution in [0.4, 0.5) is 16.8 Å². The number of aromatic nitrogens is 3. The van der Waals surface area contributed by atoms with E-state index in [0.29, 0.717) is 33.1 Å². The van der Waals surface area contributed by atoms with Gasteiger partial charge in [-0.3, -0.25) is 14.5 Å². The molecule has 37 heavy (non-hydrogen) atoms. The summed E-state index contributed by atoms with van der Waals surface area (Å²) in [6.07, 6.45) is 0.373. The second kappa shape index (κ2) is 10.8. The molecule has 0 aliphatic carbocycles. The van der Waals surface area contributed by atoms with E-state index in [-0.39, 0.29) is 17.3 Å². The monoisotopic (exact) mass is 565 g/mol. The predicted octanol–water partition coefficient (Wildman–Crippen LogP) is -1.63. The van der Waals surface area contributed by atoms with Crippen LogP contribution in [-0.4, -0.2) is 61.8 Å². The maximum absolute atomic E-state index is 12.8. The molecule has 196 valence electrons. The maximum Gasteiger partial charge on any atom is 0.301 e. The standard InChI is InChI=1S/C20H23N9O5S3/c1-8(10-7-36-19(23)25-10)34-24-4-13(30)27-14-16(31)29-15(18(32)33)9(5-35-17(14)29)6-37-20-26-11(21)3-12(22)28(20)2/h3-4,7-8,14,17H,5-6H2,1-2H3,(H7,21,22,23,25,27,30,32,33)/b24-4-. The maximum atomic E-state index is 12.8. The van der Waals surface area contributed by atoms with Crippen LogP contribution in [0.2, 0.25) is 0 Å². The van der Waals surface area contributed by atoms with Gasteiger partial charge in [-0.25, -0.2) is 9.55 Å². The SMILES string of the molecule is CC(O/N=C\C(=O)NC1C(=O)N2C(C(=O)[O-])=C(CSc3nc(N)cc(N)[n+]3C)CSC12)c1csc(N)n1. The number of nitrogen functional groups attached to an aromatic ring is 3. The number of carbonyl (C=O) groups is 3. The number of fused-ring (bicyclic) bond motifs is 1. The molecule has 2 aliphatic rings. The first-order valence-corrected chi connectivity index (χ1v) is 13.6. The summed E-state index contributed by atoms with van der Waals surface area (Å²) in [5.41, 5.74) is 18.1. The smallest absolute Gasteiger partial charge is 0.301 e. The van der Waals surface area contributed by atoms with Crippen molar-refractivity contribution < 1.29 is 28.9 Å². The van der Waals surface area contributed by atoms with Crippen LogP contribution in [0.25, 0.3) is 0 Å². The highest BCUT2D eigenvalue weighted by molar-refractivity contribution is 8.01. The zero-order valence-electron chi connectivity index (χ0n) is 19.6. The van der Waals surface area contributed by atoms with Gasteiger partial charge < -0.3 is 37.3 Å². The highest BCUT2D eigenvalue weighted by Gasteiger charge is 2.52. The van der Waals surface area contributed by atoms with E-state index in [1.165, 1.54) is 40.9 Å². The lowest BCUT2D eigenvalue weighted by Crippen LogP contribution is -2.71. The number of nitrogens with two attached hydrogens (primary N) is 3. The summed E-state index contributed by atoms with van der Waals surface area (Å²) in [5.74, 6) is -1.54. The molecule has 0 bridgehead atoms. The van der Waals surface area contributed by atoms with Gasteiger partial charge in [-0.1, -0.05) is 10.1 Å². The molecule has 14 nitrogen and oxygen atoms in total. The molecule has 3 unspecified atom stereocenters. The van der Waals surface area contributed by atoms with Crippen LogP contribution < -0.4 is 32.2 Å². The van der Waals surface area contributed by atoms with Crippen LogP contribution >= 0.6 is 34.9 Å². The number of thioether (sulfide) groups is 2. The number of carboxylic acids is 1. The fourth-order valence-electron chi connectivity index (χ4n) is 3.54. The van der Waals surface area contributed by atoms with Crippen LogP contribution in [0.1, 0.15) is 18.7 Å². The third-order valence-corrected chi connectivity index (χ3v) is 8.60. The van der Waals surface area contributed by atoms with E-state index in [4.69, 9.17) is 22.0 Å². The molecule has 2 aliphatic heterocycles. The molecule has 0 radical (unpaired) electrons. The first-order valence-electron chi connectivity index (χ1n) is 10.7. The Balaban J connectivity index is 1.38. The number of β-lactam (4-membered cyclic amide) rings is 1. The quantitative estimate of drug-likeness (QED) is 0.0672. The number of carboxylic acid groups (broad SMARTS) is 1. The summed E-state index contributed by atoms with van der Waals surface area (Å²) in [6.45, 7) is 1.69. The van der Waals surface area contributed by atoms with Crippen molar-refractivity contribution in [3.63, 3.8) is 0 Å². The average Bonchev–Trinajstić information content (AvgIpc) is 3.29. The van der Waals surface area contributed by atoms with Crippen molar-refractivity contribution in [1.82, 2.24) is 20.2 Å². The number of rotatable bonds is 9. The van der Waals surface area contributed by atoms with Crippen molar-refractivity contribution in [3.05, 3.63) is 28.4 Å². The highest BCUT2D eigenvalue weighted by Crippen LogP contribution is 2.41. The molecule has 1 saturated heterocycles. The van der Waals surface area contributed by atoms with Crippen LogP contribution in [0.5, 0.6) is 0 Å². The van der Waals surface area contributed by atoms with Gasteiger partial charge in [0.25, 0.3) is 11.8 Å². The number of hydrogen-bond acceptors (Lipinski definition) is 14. The number of nitrogens with zero attached hydrogens (tertiary/aromatic N) is 5. The summed E-state index contributed by atoms with van der Waals surface area (Å²) in [7, 11) is 1.71. The molecule has 2 aromatic rings. The lowest BCUT2D eigenvalue weighted by atomic mass is 10.0. The number of aliphatic carboxylic acids is 1. The molecule has 0 saturated carbocycles. The van der Waals surface area contributed by atoms with Crippen LogP contribution in [0.3, 0.4) is 0 Å². The van der Waals surface area contributed by atoms with Gasteiger partial charge in [-0.05, 0) is 24.3 Å². The van der Waals surface area contributed by atoms with Gasteiger partial charge in [0, 0.05) is 16.9 Å². The van der Waals surface area contributed by atoms with E-state index < -0.39 is 35.3 Å². The number of thiazole rings is 1. The number of anilines is 3. The Labute approximate surface area is 223 Å². The molecular formula is C20H23N9O5S3. The fraction of sp³-hybridized carbons (Fsp3) is 0.350. The van der Waals surface area contributed by atoms with Gasteiger partial charge in [0.15, 0.2) is 11.2 Å². The first kappa shape index (κ1) is 26.5. The van der Waals surface area contributed by atoms with Gasteiger partial charge in [-0.15, -0.1) is 23.1 Å². The summed E-state index contributed by atoms with van der Waals surface area (Å²) in [5, 5.41) is 20.1. The zero-order valence-corrected chi connectivity index (χ0v) is 22.1. The molecular weight excluding hydrogens is 542 g/mol. The molecule has 2 aromatic heterocycles. The molecule has 2 amide bonds. The van der Waals surface area contributed by atoms with Gasteiger partial charge in [0.05, 0.1) is 30.5 Å². The van der Waals surface area contributed by atoms with E-state index >= 15 is 0 Å². The summed E-state index contributed by atoms with van der Waals surface area (Å²) in [4.78, 5) is 51.7. The van der Waals surface area contributed by atoms with E-state index in [1.54, 1.807) is 23.9 Å². The molecule has 0 aromatic carbocycles. The van der Waals surface area contributed by atoms with Gasteiger partial charge in [0.2, 0.25) is 11.6 Å². The summed E-state index contributed by atoms with van der Waals surface area (Å²) < 4.78 is 1.62. The second-order valence-corrected chi connectivity index (χ2v) is 10.9. The van der Waals surface area contributed by atoms with E-state index in [2.05, 4.69) is 20.4 Å². The van der Waals surface area contributed by atoms with Crippen LogP contribution in [0.15, 0.2) is 33.0 Å². The minimum Gasteiger partial charge on any atom is -0.543 e. The second-order valence-electron chi connectivity index (χ2n) is 7.96. The third-order valence-electron chi connectivity index (χ3n) is 5.45. The summed E-state index contributed by atoms with van der Waals surface area (Å²) in [6, 6.07) is 0.593. The highest BCUT2D eigenvalue weighted by atomic mass is 32.2. The molecule has 3 atom stereocenters. The normalized spacial score (nSPS) is 19.9. The van der Waals surface area contributed by atoms with Crippen molar-refractivity contribution in [1.29, 1.82) is 0 Å². The zero-order chi connectivity index (χ0) is 26.9. The van der Waals surface area contributed by atoms with Crippen molar-refractivity contribution in [3.8, 4) is 0 Å². The Morgan fingerprint density at radius 2 is 2.19 bits per heavy atom. The third kappa shape index (κ3) is 5.57. The van der Waals surface area contributed by atoms with Gasteiger partial charge in [0.1, 0.15) is 17.6 Å². The molecule has 4 rings (SSSR count). The van der Waals surface area contributed by atoms with Crippen molar-refractivity contribution >= 4 is 75.6 Å². The number of nitrogens with one attached hydrogen (secondary N) is 1. The number of hydrogen-bond donors (Lipinski definition) is 4. The van der Waals surface area contributed by atoms with Crippen LogP contribution in [0, 0.1) is 0 Å². The average molecular weight is 566 g/mol. The van der Waals surface area contributed by atoms with Gasteiger partial charge >= 0.3 is 5.16 Å². The minimum absolute atomic E-state index is 0.209. The predicted molar refractivity (Wildman–Crippen MR) is 137 cm³/mol. The topological polar surface area (TPSA) is 219 Å². The molecule has 17 heteroatoms. The fourth-order valence-corrected chi connectivity index (χ4v) is 6.67. The number of oxime groups is 1. The van der Waals surface area contributed by atoms with Crippen LogP contribution in [-0.2, 0) is 26.3 Å². The lowest BCUT2D eigenvalue weighted by molar-refractivity contribution is -0.698. The Kier molecular flexibility index (Phi) is 7.74. The molecule has 4 heterocycles. The van der Waals surface area contributed by atoms with Gasteiger partial charge in [-0.2, -0.15) is 0 Å². The Morgan fingerprint density at radius 1 is 1.43 bits per heavy atom. The Bertz CT molecular complexity index is 1310. The summed E-state index contributed by atoms with van der Waals surface area (Å²) >= 11 is 3.81. The Morgan fingerprint density at radius 3 is 2.86 bits per heavy atom. The first-order chi connectivity index (χ1) is 17.6. The van der Waals surface area contributed by atoms with E-state index in [9.17, 15) is 19.5 Å². The molecule has 1 fully saturated rings. The molecule has 7 N–H and O–H groups in total. The van der Waals surface area contributed by atoms with Crippen molar-refractivity contribution in [2.75, 3.05) is 28.7 Å². The van der Waals surface area contributed by atoms with E-state index in [0.717, 1.165) is 11.1 Å². The molecule has 0 spiro atoms. The van der Waals surface area contributed by atoms with E-state index in [1.807, 2.05) is 0 Å². The minimum atomic E-state index is -1.48. The van der Waals surface area contributed by atoms with Crippen molar-refractivity contribution in [2.24, 2.45) is 12.2 Å².